The predicted molar refractivity (Wildman–Crippen MR) is 90.6 cm³/mol. The van der Waals surface area contributed by atoms with Crippen molar-refractivity contribution >= 4 is 5.91 Å². The van der Waals surface area contributed by atoms with Crippen molar-refractivity contribution in [1.82, 2.24) is 5.32 Å². The van der Waals surface area contributed by atoms with Gasteiger partial charge in [0, 0.05) is 12.1 Å². The van der Waals surface area contributed by atoms with Crippen LogP contribution in [-0.4, -0.2) is 18.6 Å². The molecule has 1 unspecified atom stereocenters. The molecule has 0 aliphatic rings. The first kappa shape index (κ1) is 17.8. The van der Waals surface area contributed by atoms with Crippen LogP contribution in [0.15, 0.2) is 48.5 Å². The lowest BCUT2D eigenvalue weighted by molar-refractivity contribution is -0.128. The van der Waals surface area contributed by atoms with Gasteiger partial charge < -0.3 is 14.8 Å². The number of benzene rings is 2. The van der Waals surface area contributed by atoms with Crippen molar-refractivity contribution in [1.29, 1.82) is 0 Å². The molecule has 1 amide bonds. The van der Waals surface area contributed by atoms with E-state index >= 15 is 0 Å². The highest BCUT2D eigenvalue weighted by Crippen LogP contribution is 2.19. The lowest BCUT2D eigenvalue weighted by atomic mass is 10.2. The van der Waals surface area contributed by atoms with Gasteiger partial charge in [0.15, 0.2) is 17.7 Å². The standard InChI is InChI=1S/C19H22FNO3/c1-3-16(24-18-12-8-6-10-15(18)20)19(22)21-13-14-9-5-7-11-17(14)23-4-2/h5-12,16H,3-4,13H2,1-2H3,(H,21,22). The van der Waals surface area contributed by atoms with Gasteiger partial charge in [0.25, 0.3) is 5.91 Å². The van der Waals surface area contributed by atoms with Crippen LogP contribution in [0.25, 0.3) is 0 Å². The minimum Gasteiger partial charge on any atom is -0.494 e. The van der Waals surface area contributed by atoms with Crippen molar-refractivity contribution in [2.24, 2.45) is 0 Å². The van der Waals surface area contributed by atoms with Crippen LogP contribution in [0.5, 0.6) is 11.5 Å². The Morgan fingerprint density at radius 2 is 1.75 bits per heavy atom. The number of hydrogen-bond acceptors (Lipinski definition) is 3. The van der Waals surface area contributed by atoms with Crippen molar-refractivity contribution in [3.05, 3.63) is 59.9 Å². The fourth-order valence-corrected chi connectivity index (χ4v) is 2.26. The first-order valence-corrected chi connectivity index (χ1v) is 8.05. The first-order valence-electron chi connectivity index (χ1n) is 8.05. The number of ether oxygens (including phenoxy) is 2. The summed E-state index contributed by atoms with van der Waals surface area (Å²) in [5, 5.41) is 2.82. The fraction of sp³-hybridized carbons (Fsp3) is 0.316. The summed E-state index contributed by atoms with van der Waals surface area (Å²) < 4.78 is 24.7. The second kappa shape index (κ2) is 8.91. The SMILES string of the molecule is CCOc1ccccc1CNC(=O)C(CC)Oc1ccccc1F. The molecule has 128 valence electrons. The summed E-state index contributed by atoms with van der Waals surface area (Å²) in [6.07, 6.45) is -0.311. The summed E-state index contributed by atoms with van der Waals surface area (Å²) in [6.45, 7) is 4.61. The fourth-order valence-electron chi connectivity index (χ4n) is 2.26. The lowest BCUT2D eigenvalue weighted by Gasteiger charge is -2.18. The van der Waals surface area contributed by atoms with E-state index in [1.165, 1.54) is 12.1 Å². The third-order valence-corrected chi connectivity index (χ3v) is 3.49. The minimum atomic E-state index is -0.749. The van der Waals surface area contributed by atoms with E-state index < -0.39 is 11.9 Å². The van der Waals surface area contributed by atoms with Crippen LogP contribution >= 0.6 is 0 Å². The molecule has 5 heteroatoms. The molecule has 0 heterocycles. The van der Waals surface area contributed by atoms with E-state index in [9.17, 15) is 9.18 Å². The molecule has 2 aromatic rings. The van der Waals surface area contributed by atoms with E-state index in [0.29, 0.717) is 19.6 Å². The Kier molecular flexibility index (Phi) is 6.61. The molecule has 0 saturated heterocycles. The number of rotatable bonds is 8. The minimum absolute atomic E-state index is 0.0780. The molecule has 2 aromatic carbocycles. The summed E-state index contributed by atoms with van der Waals surface area (Å²) >= 11 is 0. The molecule has 4 nitrogen and oxygen atoms in total. The van der Waals surface area contributed by atoms with Gasteiger partial charge in [-0.05, 0) is 31.5 Å². The van der Waals surface area contributed by atoms with Crippen molar-refractivity contribution < 1.29 is 18.7 Å². The predicted octanol–water partition coefficient (Wildman–Crippen LogP) is 3.70. The van der Waals surface area contributed by atoms with Gasteiger partial charge in [0.1, 0.15) is 5.75 Å². The average Bonchev–Trinajstić information content (AvgIpc) is 2.60. The van der Waals surface area contributed by atoms with Gasteiger partial charge in [-0.3, -0.25) is 4.79 Å². The molecule has 0 aliphatic carbocycles. The number of carbonyl (C=O) groups is 1. The molecular weight excluding hydrogens is 309 g/mol. The Hall–Kier alpha value is -2.56. The van der Waals surface area contributed by atoms with E-state index in [2.05, 4.69) is 5.32 Å². The van der Waals surface area contributed by atoms with Gasteiger partial charge in [-0.2, -0.15) is 0 Å². The topological polar surface area (TPSA) is 47.6 Å². The molecule has 0 fully saturated rings. The average molecular weight is 331 g/mol. The molecule has 0 aromatic heterocycles. The quantitative estimate of drug-likeness (QED) is 0.802. The number of hydrogen-bond donors (Lipinski definition) is 1. The van der Waals surface area contributed by atoms with E-state index in [-0.39, 0.29) is 11.7 Å². The van der Waals surface area contributed by atoms with Gasteiger partial charge in [0.2, 0.25) is 0 Å². The first-order chi connectivity index (χ1) is 11.7. The molecule has 24 heavy (non-hydrogen) atoms. The molecule has 0 saturated carbocycles. The van der Waals surface area contributed by atoms with Crippen LogP contribution in [0.4, 0.5) is 4.39 Å². The van der Waals surface area contributed by atoms with Crippen molar-refractivity contribution in [3.63, 3.8) is 0 Å². The number of para-hydroxylation sites is 2. The maximum Gasteiger partial charge on any atom is 0.261 e. The number of amides is 1. The lowest BCUT2D eigenvalue weighted by Crippen LogP contribution is -2.37. The van der Waals surface area contributed by atoms with Crippen LogP contribution in [0.3, 0.4) is 0 Å². The summed E-state index contributed by atoms with van der Waals surface area (Å²) in [6, 6.07) is 13.6. The maximum absolute atomic E-state index is 13.7. The van der Waals surface area contributed by atoms with Crippen LogP contribution in [-0.2, 0) is 11.3 Å². The summed E-state index contributed by atoms with van der Waals surface area (Å²) in [7, 11) is 0. The largest absolute Gasteiger partial charge is 0.494 e. The maximum atomic E-state index is 13.7. The number of halogens is 1. The Morgan fingerprint density at radius 3 is 2.42 bits per heavy atom. The molecule has 0 spiro atoms. The molecule has 0 bridgehead atoms. The normalized spacial score (nSPS) is 11.6. The highest BCUT2D eigenvalue weighted by Gasteiger charge is 2.19. The summed E-state index contributed by atoms with van der Waals surface area (Å²) in [5.41, 5.74) is 0.883. The zero-order valence-electron chi connectivity index (χ0n) is 13.9. The number of nitrogens with one attached hydrogen (secondary N) is 1. The molecule has 0 aliphatic heterocycles. The highest BCUT2D eigenvalue weighted by atomic mass is 19.1. The Labute approximate surface area is 141 Å². The van der Waals surface area contributed by atoms with E-state index in [1.807, 2.05) is 38.1 Å². The zero-order chi connectivity index (χ0) is 17.4. The van der Waals surface area contributed by atoms with Crippen LogP contribution in [0.2, 0.25) is 0 Å². The van der Waals surface area contributed by atoms with Gasteiger partial charge in [0.05, 0.1) is 6.61 Å². The summed E-state index contributed by atoms with van der Waals surface area (Å²) in [4.78, 5) is 12.3. The van der Waals surface area contributed by atoms with E-state index in [1.54, 1.807) is 12.1 Å². The summed E-state index contributed by atoms with van der Waals surface area (Å²) in [5.74, 6) is 0.0510. The third-order valence-electron chi connectivity index (χ3n) is 3.49. The molecular formula is C19H22FNO3. The number of carbonyl (C=O) groups excluding carboxylic acids is 1. The van der Waals surface area contributed by atoms with Crippen molar-refractivity contribution in [2.45, 2.75) is 32.9 Å². The molecule has 0 radical (unpaired) electrons. The third kappa shape index (κ3) is 4.72. The Balaban J connectivity index is 1.99. The Bertz CT molecular complexity index is 675. The second-order valence-corrected chi connectivity index (χ2v) is 5.20. The Morgan fingerprint density at radius 1 is 1.08 bits per heavy atom. The molecule has 1 N–H and O–H groups in total. The van der Waals surface area contributed by atoms with Crippen LogP contribution < -0.4 is 14.8 Å². The van der Waals surface area contributed by atoms with Crippen LogP contribution in [0.1, 0.15) is 25.8 Å². The van der Waals surface area contributed by atoms with Crippen molar-refractivity contribution in [3.8, 4) is 11.5 Å². The monoisotopic (exact) mass is 331 g/mol. The van der Waals surface area contributed by atoms with E-state index in [4.69, 9.17) is 9.47 Å². The van der Waals surface area contributed by atoms with E-state index in [0.717, 1.165) is 11.3 Å². The van der Waals surface area contributed by atoms with Crippen LogP contribution in [0, 0.1) is 5.82 Å². The van der Waals surface area contributed by atoms with Gasteiger partial charge >= 0.3 is 0 Å². The zero-order valence-corrected chi connectivity index (χ0v) is 13.9. The smallest absolute Gasteiger partial charge is 0.261 e. The second-order valence-electron chi connectivity index (χ2n) is 5.20. The highest BCUT2D eigenvalue weighted by molar-refractivity contribution is 5.81. The van der Waals surface area contributed by atoms with Gasteiger partial charge in [-0.15, -0.1) is 0 Å². The van der Waals surface area contributed by atoms with Crippen molar-refractivity contribution in [2.75, 3.05) is 6.61 Å². The van der Waals surface area contributed by atoms with Gasteiger partial charge in [-0.1, -0.05) is 37.3 Å². The molecule has 1 atom stereocenters. The molecule has 2 rings (SSSR count). The van der Waals surface area contributed by atoms with Gasteiger partial charge in [-0.25, -0.2) is 4.39 Å².